The van der Waals surface area contributed by atoms with E-state index in [1.165, 1.54) is 36.4 Å². The molecule has 26 heavy (non-hydrogen) atoms. The van der Waals surface area contributed by atoms with Gasteiger partial charge in [0, 0.05) is 13.1 Å². The summed E-state index contributed by atoms with van der Waals surface area (Å²) in [6.07, 6.45) is 0. The van der Waals surface area contributed by atoms with Gasteiger partial charge in [-0.15, -0.1) is 0 Å². The molecule has 0 bridgehead atoms. The van der Waals surface area contributed by atoms with Gasteiger partial charge in [-0.3, -0.25) is 4.79 Å². The molecule has 140 valence electrons. The number of sulfonamides is 1. The predicted molar refractivity (Wildman–Crippen MR) is 98.3 cm³/mol. The molecule has 2 aromatic rings. The molecule has 0 saturated heterocycles. The number of nitrogens with one attached hydrogen (secondary N) is 1. The number of carbonyl (C=O) groups excluding carboxylic acids is 1. The fourth-order valence-corrected chi connectivity index (χ4v) is 3.70. The second-order valence-electron chi connectivity index (χ2n) is 6.41. The van der Waals surface area contributed by atoms with E-state index in [4.69, 9.17) is 0 Å². The Labute approximate surface area is 153 Å². The first-order chi connectivity index (χ1) is 12.3. The highest BCUT2D eigenvalue weighted by Crippen LogP contribution is 2.18. The first-order valence-electron chi connectivity index (χ1n) is 8.35. The third kappa shape index (κ3) is 5.64. The van der Waals surface area contributed by atoms with Crippen molar-refractivity contribution in [2.75, 3.05) is 13.1 Å². The van der Waals surface area contributed by atoms with Crippen LogP contribution in [0, 0.1) is 11.7 Å². The zero-order valence-corrected chi connectivity index (χ0v) is 15.7. The average molecular weight is 378 g/mol. The van der Waals surface area contributed by atoms with Crippen LogP contribution in [-0.2, 0) is 21.4 Å². The van der Waals surface area contributed by atoms with E-state index in [9.17, 15) is 17.6 Å². The second-order valence-corrected chi connectivity index (χ2v) is 8.35. The summed E-state index contributed by atoms with van der Waals surface area (Å²) in [5.41, 5.74) is 0.600. The summed E-state index contributed by atoms with van der Waals surface area (Å²) in [5.74, 6) is -0.517. The van der Waals surface area contributed by atoms with E-state index in [1.807, 2.05) is 13.8 Å². The molecule has 1 amide bonds. The number of benzene rings is 2. The molecule has 5 nitrogen and oxygen atoms in total. The van der Waals surface area contributed by atoms with Crippen molar-refractivity contribution < 1.29 is 17.6 Å². The minimum atomic E-state index is -3.86. The molecule has 2 aromatic carbocycles. The van der Waals surface area contributed by atoms with Gasteiger partial charge in [-0.2, -0.15) is 4.31 Å². The van der Waals surface area contributed by atoms with Crippen LogP contribution in [-0.4, -0.2) is 31.7 Å². The van der Waals surface area contributed by atoms with Crippen molar-refractivity contribution in [3.63, 3.8) is 0 Å². The van der Waals surface area contributed by atoms with Crippen molar-refractivity contribution in [3.8, 4) is 0 Å². The Kier molecular flexibility index (Phi) is 6.88. The number of hydrogen-bond acceptors (Lipinski definition) is 3. The smallest absolute Gasteiger partial charge is 0.243 e. The van der Waals surface area contributed by atoms with E-state index >= 15 is 0 Å². The second kappa shape index (κ2) is 8.91. The minimum Gasteiger partial charge on any atom is -0.355 e. The lowest BCUT2D eigenvalue weighted by atomic mass is 10.2. The first-order valence-corrected chi connectivity index (χ1v) is 9.79. The Morgan fingerprint density at radius 2 is 1.69 bits per heavy atom. The molecule has 0 fully saturated rings. The highest BCUT2D eigenvalue weighted by Gasteiger charge is 2.26. The summed E-state index contributed by atoms with van der Waals surface area (Å²) in [4.78, 5) is 12.3. The van der Waals surface area contributed by atoms with Crippen LogP contribution in [0.3, 0.4) is 0 Å². The molecular weight excluding hydrogens is 355 g/mol. The van der Waals surface area contributed by atoms with Gasteiger partial charge in [0.25, 0.3) is 0 Å². The van der Waals surface area contributed by atoms with Gasteiger partial charge in [-0.1, -0.05) is 44.2 Å². The normalized spacial score (nSPS) is 11.7. The topological polar surface area (TPSA) is 66.5 Å². The molecule has 0 aromatic heterocycles. The lowest BCUT2D eigenvalue weighted by Gasteiger charge is -2.22. The quantitative estimate of drug-likeness (QED) is 0.768. The number of amides is 1. The van der Waals surface area contributed by atoms with Crippen LogP contribution in [0.15, 0.2) is 59.5 Å². The predicted octanol–water partition coefficient (Wildman–Crippen LogP) is 2.79. The third-order valence-corrected chi connectivity index (χ3v) is 5.49. The summed E-state index contributed by atoms with van der Waals surface area (Å²) < 4.78 is 40.1. The van der Waals surface area contributed by atoms with Crippen molar-refractivity contribution in [2.24, 2.45) is 5.92 Å². The molecule has 1 N–H and O–H groups in total. The lowest BCUT2D eigenvalue weighted by molar-refractivity contribution is -0.121. The van der Waals surface area contributed by atoms with E-state index in [1.54, 1.807) is 18.2 Å². The summed E-state index contributed by atoms with van der Waals surface area (Å²) >= 11 is 0. The van der Waals surface area contributed by atoms with E-state index in [0.29, 0.717) is 12.1 Å². The number of nitrogens with zero attached hydrogens (tertiary/aromatic N) is 1. The van der Waals surface area contributed by atoms with Crippen LogP contribution in [0.5, 0.6) is 0 Å². The Morgan fingerprint density at radius 3 is 2.27 bits per heavy atom. The van der Waals surface area contributed by atoms with Crippen molar-refractivity contribution in [1.82, 2.24) is 9.62 Å². The number of rotatable bonds is 8. The SMILES string of the molecule is CC(C)CNC(=O)CN(Cc1ccc(F)cc1)S(=O)(=O)c1ccccc1. The van der Waals surface area contributed by atoms with E-state index < -0.39 is 15.8 Å². The highest BCUT2D eigenvalue weighted by molar-refractivity contribution is 7.89. The van der Waals surface area contributed by atoms with Crippen LogP contribution in [0.4, 0.5) is 4.39 Å². The summed E-state index contributed by atoms with van der Waals surface area (Å²) in [7, 11) is -3.86. The number of halogens is 1. The van der Waals surface area contributed by atoms with Gasteiger partial charge in [-0.05, 0) is 35.7 Å². The van der Waals surface area contributed by atoms with Gasteiger partial charge in [0.1, 0.15) is 5.82 Å². The molecule has 0 saturated carbocycles. The fourth-order valence-electron chi connectivity index (χ4n) is 2.29. The van der Waals surface area contributed by atoms with Crippen LogP contribution in [0.2, 0.25) is 0 Å². The fraction of sp³-hybridized carbons (Fsp3) is 0.316. The number of carbonyl (C=O) groups is 1. The van der Waals surface area contributed by atoms with Crippen molar-refractivity contribution >= 4 is 15.9 Å². The van der Waals surface area contributed by atoms with Gasteiger partial charge in [0.05, 0.1) is 11.4 Å². The lowest BCUT2D eigenvalue weighted by Crippen LogP contribution is -2.41. The molecule has 7 heteroatoms. The van der Waals surface area contributed by atoms with Crippen molar-refractivity contribution in [1.29, 1.82) is 0 Å². The van der Waals surface area contributed by atoms with E-state index in [0.717, 1.165) is 4.31 Å². The summed E-state index contributed by atoms with van der Waals surface area (Å²) in [6, 6.07) is 13.5. The molecule has 0 aliphatic carbocycles. The van der Waals surface area contributed by atoms with Crippen molar-refractivity contribution in [3.05, 3.63) is 66.0 Å². The largest absolute Gasteiger partial charge is 0.355 e. The highest BCUT2D eigenvalue weighted by atomic mass is 32.2. The van der Waals surface area contributed by atoms with Gasteiger partial charge in [0.2, 0.25) is 15.9 Å². The molecule has 0 heterocycles. The third-order valence-electron chi connectivity index (χ3n) is 3.68. The van der Waals surface area contributed by atoms with Gasteiger partial charge < -0.3 is 5.32 Å². The van der Waals surface area contributed by atoms with Crippen molar-refractivity contribution in [2.45, 2.75) is 25.3 Å². The van der Waals surface area contributed by atoms with E-state index in [2.05, 4.69) is 5.32 Å². The molecule has 0 aliphatic heterocycles. The minimum absolute atomic E-state index is 0.0212. The zero-order valence-electron chi connectivity index (χ0n) is 14.9. The standard InChI is InChI=1S/C19H23FN2O3S/c1-15(2)12-21-19(23)14-22(13-16-8-10-17(20)11-9-16)26(24,25)18-6-4-3-5-7-18/h3-11,15H,12-14H2,1-2H3,(H,21,23). The average Bonchev–Trinajstić information content (AvgIpc) is 2.62. The maximum absolute atomic E-state index is 13.1. The zero-order chi connectivity index (χ0) is 19.2. The first kappa shape index (κ1) is 20.1. The van der Waals surface area contributed by atoms with Crippen LogP contribution < -0.4 is 5.32 Å². The maximum Gasteiger partial charge on any atom is 0.243 e. The number of hydrogen-bond donors (Lipinski definition) is 1. The molecule has 0 spiro atoms. The van der Waals surface area contributed by atoms with Gasteiger partial charge >= 0.3 is 0 Å². The monoisotopic (exact) mass is 378 g/mol. The Hall–Kier alpha value is -2.25. The summed E-state index contributed by atoms with van der Waals surface area (Å²) in [6.45, 7) is 4.05. The molecule has 0 atom stereocenters. The molecule has 0 unspecified atom stereocenters. The Morgan fingerprint density at radius 1 is 1.08 bits per heavy atom. The Bertz CT molecular complexity index is 822. The molecule has 2 rings (SSSR count). The Balaban J connectivity index is 2.25. The maximum atomic E-state index is 13.1. The van der Waals surface area contributed by atoms with Crippen LogP contribution in [0.1, 0.15) is 19.4 Å². The molecular formula is C19H23FN2O3S. The van der Waals surface area contributed by atoms with Crippen LogP contribution >= 0.6 is 0 Å². The molecule has 0 radical (unpaired) electrons. The van der Waals surface area contributed by atoms with Gasteiger partial charge in [0.15, 0.2) is 0 Å². The summed E-state index contributed by atoms with van der Waals surface area (Å²) in [5, 5.41) is 2.73. The van der Waals surface area contributed by atoms with E-state index in [-0.39, 0.29) is 29.8 Å². The van der Waals surface area contributed by atoms with Gasteiger partial charge in [-0.25, -0.2) is 12.8 Å². The molecule has 0 aliphatic rings. The van der Waals surface area contributed by atoms with Crippen LogP contribution in [0.25, 0.3) is 0 Å².